The van der Waals surface area contributed by atoms with Crippen LogP contribution >= 0.6 is 15.9 Å². The molecule has 1 aromatic carbocycles. The first-order chi connectivity index (χ1) is 13.5. The van der Waals surface area contributed by atoms with Crippen molar-refractivity contribution in [3.63, 3.8) is 0 Å². The van der Waals surface area contributed by atoms with Gasteiger partial charge in [-0.1, -0.05) is 29.3 Å². The van der Waals surface area contributed by atoms with Crippen molar-refractivity contribution < 1.29 is 23.8 Å². The average molecular weight is 455 g/mol. The first-order valence-corrected chi connectivity index (χ1v) is 11.4. The second-order valence-electron chi connectivity index (χ2n) is 7.02. The van der Waals surface area contributed by atoms with Gasteiger partial charge in [-0.15, -0.1) is 0 Å². The fourth-order valence-electron chi connectivity index (χ4n) is 3.44. The van der Waals surface area contributed by atoms with Gasteiger partial charge in [0, 0.05) is 10.9 Å². The van der Waals surface area contributed by atoms with Gasteiger partial charge in [-0.2, -0.15) is 0 Å². The van der Waals surface area contributed by atoms with Crippen molar-refractivity contribution in [1.29, 1.82) is 0 Å². The second-order valence-corrected chi connectivity index (χ2v) is 7.81. The molecular weight excluding hydrogens is 424 g/mol. The number of hydrogen-bond donors (Lipinski definition) is 0. The highest BCUT2D eigenvalue weighted by atomic mass is 79.9. The zero-order valence-electron chi connectivity index (χ0n) is 17.1. The fourth-order valence-corrected chi connectivity index (χ4v) is 3.83. The Morgan fingerprint density at radius 1 is 1.25 bits per heavy atom. The highest BCUT2D eigenvalue weighted by Crippen LogP contribution is 2.41. The number of alkyl halides is 1. The predicted molar refractivity (Wildman–Crippen MR) is 113 cm³/mol. The van der Waals surface area contributed by atoms with Crippen LogP contribution in [0, 0.1) is 0 Å². The van der Waals surface area contributed by atoms with Gasteiger partial charge in [-0.3, -0.25) is 4.79 Å². The number of halogens is 1. The van der Waals surface area contributed by atoms with E-state index in [0.29, 0.717) is 43.1 Å². The largest absolute Gasteiger partial charge is 0.492 e. The van der Waals surface area contributed by atoms with E-state index in [1.165, 1.54) is 0 Å². The summed E-state index contributed by atoms with van der Waals surface area (Å²) in [7, 11) is 0. The number of fused-ring (bicyclic) bond motifs is 1. The number of ether oxygens (including phenoxy) is 3. The topological polar surface area (TPSA) is 61.8 Å². The molecule has 0 radical (unpaired) electrons. The number of Topliss-reactive ketones (excluding diaryl/α,β-unsaturated/α-hetero) is 1. The van der Waals surface area contributed by atoms with Crippen molar-refractivity contribution in [3.8, 4) is 11.5 Å². The van der Waals surface area contributed by atoms with E-state index in [-0.39, 0.29) is 11.8 Å². The molecule has 1 atom stereocenters. The van der Waals surface area contributed by atoms with Gasteiger partial charge < -0.3 is 14.2 Å². The standard InChI is InChI=1S/C22H31BrO5/c1-4-9-17-20-16(10-11-19(28-20)22(25)26-5-2)14-18(15(3)24)21(17)27-13-8-6-7-12-23/h14,19H,4-13H2,1-3H3. The Morgan fingerprint density at radius 3 is 2.68 bits per heavy atom. The number of hydrogen-bond acceptors (Lipinski definition) is 5. The molecule has 0 aromatic heterocycles. The fraction of sp³-hybridized carbons (Fsp3) is 0.636. The SMILES string of the molecule is CCCc1c2c(cc(C(C)=O)c1OCCCCCBr)CCC(C(=O)OCC)O2. The maximum absolute atomic E-state index is 12.3. The van der Waals surface area contributed by atoms with Crippen LogP contribution in [0.25, 0.3) is 0 Å². The molecular formula is C22H31BrO5. The third-order valence-corrected chi connectivity index (χ3v) is 5.35. The van der Waals surface area contributed by atoms with Crippen LogP contribution in [0.5, 0.6) is 11.5 Å². The Kier molecular flexibility index (Phi) is 9.29. The summed E-state index contributed by atoms with van der Waals surface area (Å²) in [5, 5.41) is 0.981. The summed E-state index contributed by atoms with van der Waals surface area (Å²) in [6.45, 7) is 6.33. The number of rotatable bonds is 11. The lowest BCUT2D eigenvalue weighted by molar-refractivity contribution is -0.152. The van der Waals surface area contributed by atoms with Crippen molar-refractivity contribution in [2.75, 3.05) is 18.5 Å². The number of aryl methyl sites for hydroxylation is 1. The zero-order chi connectivity index (χ0) is 20.5. The Labute approximate surface area is 176 Å². The second kappa shape index (κ2) is 11.4. The van der Waals surface area contributed by atoms with E-state index in [4.69, 9.17) is 14.2 Å². The molecule has 6 heteroatoms. The van der Waals surface area contributed by atoms with Crippen molar-refractivity contribution in [3.05, 3.63) is 22.8 Å². The van der Waals surface area contributed by atoms with E-state index in [1.54, 1.807) is 13.8 Å². The summed E-state index contributed by atoms with van der Waals surface area (Å²) >= 11 is 3.44. The van der Waals surface area contributed by atoms with Crippen LogP contribution in [0.4, 0.5) is 0 Å². The lowest BCUT2D eigenvalue weighted by Crippen LogP contribution is -2.33. The molecule has 0 bridgehead atoms. The van der Waals surface area contributed by atoms with E-state index in [2.05, 4.69) is 22.9 Å². The third kappa shape index (κ3) is 5.72. The molecule has 0 N–H and O–H groups in total. The van der Waals surface area contributed by atoms with Crippen molar-refractivity contribution in [1.82, 2.24) is 0 Å². The maximum Gasteiger partial charge on any atom is 0.347 e. The van der Waals surface area contributed by atoms with Crippen LogP contribution in [0.15, 0.2) is 6.07 Å². The van der Waals surface area contributed by atoms with Gasteiger partial charge in [0.25, 0.3) is 0 Å². The number of unbranched alkanes of at least 4 members (excludes halogenated alkanes) is 2. The summed E-state index contributed by atoms with van der Waals surface area (Å²) in [6.07, 6.45) is 5.35. The van der Waals surface area contributed by atoms with Gasteiger partial charge in [0.15, 0.2) is 11.9 Å². The van der Waals surface area contributed by atoms with Crippen molar-refractivity contribution in [2.24, 2.45) is 0 Å². The minimum Gasteiger partial charge on any atom is -0.492 e. The number of carbonyl (C=O) groups is 2. The molecule has 0 amide bonds. The Bertz CT molecular complexity index is 686. The quantitative estimate of drug-likeness (QED) is 0.202. The third-order valence-electron chi connectivity index (χ3n) is 4.79. The summed E-state index contributed by atoms with van der Waals surface area (Å²) in [4.78, 5) is 24.5. The molecule has 1 aliphatic heterocycles. The summed E-state index contributed by atoms with van der Waals surface area (Å²) < 4.78 is 17.3. The van der Waals surface area contributed by atoms with Gasteiger partial charge >= 0.3 is 5.97 Å². The lowest BCUT2D eigenvalue weighted by Gasteiger charge is -2.29. The highest BCUT2D eigenvalue weighted by Gasteiger charge is 2.31. The van der Waals surface area contributed by atoms with E-state index in [9.17, 15) is 9.59 Å². The van der Waals surface area contributed by atoms with E-state index < -0.39 is 6.10 Å². The average Bonchev–Trinajstić information content (AvgIpc) is 2.68. The van der Waals surface area contributed by atoms with Crippen LogP contribution in [0.3, 0.4) is 0 Å². The number of ketones is 1. The Morgan fingerprint density at radius 2 is 2.04 bits per heavy atom. The first-order valence-electron chi connectivity index (χ1n) is 10.2. The predicted octanol–water partition coefficient (Wildman–Crippen LogP) is 5.04. The van der Waals surface area contributed by atoms with E-state index in [0.717, 1.165) is 48.6 Å². The lowest BCUT2D eigenvalue weighted by atomic mass is 9.92. The summed E-state index contributed by atoms with van der Waals surface area (Å²) in [5.41, 5.74) is 2.49. The molecule has 0 saturated heterocycles. The molecule has 28 heavy (non-hydrogen) atoms. The molecule has 156 valence electrons. The minimum absolute atomic E-state index is 0.0110. The minimum atomic E-state index is -0.599. The van der Waals surface area contributed by atoms with E-state index >= 15 is 0 Å². The number of benzene rings is 1. The summed E-state index contributed by atoms with van der Waals surface area (Å²) in [5.74, 6) is 0.981. The van der Waals surface area contributed by atoms with Gasteiger partial charge in [0.2, 0.25) is 0 Å². The van der Waals surface area contributed by atoms with Crippen LogP contribution in [-0.2, 0) is 22.4 Å². The summed E-state index contributed by atoms with van der Waals surface area (Å²) in [6, 6.07) is 1.88. The molecule has 0 saturated carbocycles. The van der Waals surface area contributed by atoms with E-state index in [1.807, 2.05) is 6.07 Å². The molecule has 2 rings (SSSR count). The molecule has 0 spiro atoms. The smallest absolute Gasteiger partial charge is 0.347 e. The van der Waals surface area contributed by atoms with Gasteiger partial charge in [0.1, 0.15) is 11.5 Å². The van der Waals surface area contributed by atoms with Crippen LogP contribution in [0.1, 0.15) is 74.4 Å². The molecule has 1 aliphatic rings. The molecule has 1 unspecified atom stereocenters. The highest BCUT2D eigenvalue weighted by molar-refractivity contribution is 9.09. The number of carbonyl (C=O) groups excluding carboxylic acids is 2. The van der Waals surface area contributed by atoms with Crippen molar-refractivity contribution >= 4 is 27.7 Å². The Hall–Kier alpha value is -1.56. The Balaban J connectivity index is 2.35. The molecule has 0 aliphatic carbocycles. The molecule has 5 nitrogen and oxygen atoms in total. The van der Waals surface area contributed by atoms with Gasteiger partial charge in [-0.25, -0.2) is 4.79 Å². The zero-order valence-corrected chi connectivity index (χ0v) is 18.7. The molecule has 1 aromatic rings. The van der Waals surface area contributed by atoms with Crippen LogP contribution in [-0.4, -0.2) is 36.4 Å². The molecule has 0 fully saturated rings. The van der Waals surface area contributed by atoms with Crippen LogP contribution in [0.2, 0.25) is 0 Å². The first kappa shape index (κ1) is 22.7. The van der Waals surface area contributed by atoms with Gasteiger partial charge in [0.05, 0.1) is 18.8 Å². The number of esters is 1. The normalized spacial score (nSPS) is 15.5. The van der Waals surface area contributed by atoms with Crippen LogP contribution < -0.4 is 9.47 Å². The monoisotopic (exact) mass is 454 g/mol. The van der Waals surface area contributed by atoms with Gasteiger partial charge in [-0.05, 0) is 64.0 Å². The maximum atomic E-state index is 12.3. The molecule has 1 heterocycles. The van der Waals surface area contributed by atoms with Crippen molar-refractivity contribution in [2.45, 2.75) is 71.8 Å².